The van der Waals surface area contributed by atoms with E-state index in [2.05, 4.69) is 23.1 Å². The number of hydrazone groups is 1. The van der Waals surface area contributed by atoms with Crippen LogP contribution in [0.2, 0.25) is 0 Å². The van der Waals surface area contributed by atoms with Gasteiger partial charge in [0.05, 0.1) is 48.5 Å². The SMILES string of the molecule is C=C/C=C(\C=C)n1cc(C2CC(c3ccc(OC)cc3)=NN2C(=O)c2cccc(C)c2)c(-c2ccc(-c3cnc[nH]3)cc2)n1. The van der Waals surface area contributed by atoms with Crippen molar-refractivity contribution in [3.05, 3.63) is 145 Å². The number of methoxy groups -OCH3 is 1. The molecule has 1 unspecified atom stereocenters. The summed E-state index contributed by atoms with van der Waals surface area (Å²) in [6.45, 7) is 9.80. The van der Waals surface area contributed by atoms with Gasteiger partial charge in [-0.15, -0.1) is 0 Å². The van der Waals surface area contributed by atoms with Crippen LogP contribution in [0.5, 0.6) is 5.75 Å². The van der Waals surface area contributed by atoms with Crippen LogP contribution in [0.3, 0.4) is 0 Å². The third kappa shape index (κ3) is 5.53. The van der Waals surface area contributed by atoms with Gasteiger partial charge in [-0.25, -0.2) is 14.7 Å². The van der Waals surface area contributed by atoms with E-state index < -0.39 is 6.04 Å². The molecule has 0 spiro atoms. The smallest absolute Gasteiger partial charge is 0.274 e. The highest BCUT2D eigenvalue weighted by atomic mass is 16.5. The largest absolute Gasteiger partial charge is 0.497 e. The van der Waals surface area contributed by atoms with Crippen LogP contribution in [0.25, 0.3) is 28.2 Å². The molecule has 44 heavy (non-hydrogen) atoms. The molecule has 1 N–H and O–H groups in total. The van der Waals surface area contributed by atoms with Crippen molar-refractivity contribution < 1.29 is 9.53 Å². The van der Waals surface area contributed by atoms with Crippen molar-refractivity contribution in [2.24, 2.45) is 5.10 Å². The van der Waals surface area contributed by atoms with Gasteiger partial charge in [0, 0.05) is 29.3 Å². The van der Waals surface area contributed by atoms with Crippen LogP contribution in [0.1, 0.15) is 39.5 Å². The van der Waals surface area contributed by atoms with Crippen molar-refractivity contribution in [2.45, 2.75) is 19.4 Å². The minimum absolute atomic E-state index is 0.180. The number of nitrogens with one attached hydrogen (secondary N) is 1. The fraction of sp³-hybridized carbons (Fsp3) is 0.111. The molecule has 1 atom stereocenters. The number of aromatic amines is 1. The van der Waals surface area contributed by atoms with E-state index in [1.54, 1.807) is 41.5 Å². The first-order chi connectivity index (χ1) is 21.5. The van der Waals surface area contributed by atoms with Crippen LogP contribution >= 0.6 is 0 Å². The third-order valence-electron chi connectivity index (χ3n) is 7.64. The standard InChI is InChI=1S/C36H32N6O2/c1-5-8-29(6-2)41-22-31(35(40-41)27-13-11-26(12-14-27)33-21-37-23-38-33)34-20-32(25-15-17-30(44-4)18-16-25)39-42(34)36(43)28-10-7-9-24(3)19-28/h5-19,21-23,34H,1-2,20H2,3-4H3,(H,37,38)/b29-8+. The summed E-state index contributed by atoms with van der Waals surface area (Å²) in [6.07, 6.45) is 11.2. The van der Waals surface area contributed by atoms with Crippen LogP contribution in [0, 0.1) is 6.92 Å². The molecule has 1 amide bonds. The zero-order chi connectivity index (χ0) is 30.6. The normalized spacial score (nSPS) is 14.8. The van der Waals surface area contributed by atoms with Crippen molar-refractivity contribution >= 4 is 17.3 Å². The summed E-state index contributed by atoms with van der Waals surface area (Å²) < 4.78 is 7.14. The first-order valence-electron chi connectivity index (χ1n) is 14.3. The Hall–Kier alpha value is -5.76. The fourth-order valence-electron chi connectivity index (χ4n) is 5.38. The van der Waals surface area contributed by atoms with E-state index in [-0.39, 0.29) is 5.91 Å². The molecule has 0 aliphatic carbocycles. The van der Waals surface area contributed by atoms with Gasteiger partial charge in [0.25, 0.3) is 5.91 Å². The predicted molar refractivity (Wildman–Crippen MR) is 174 cm³/mol. The number of carbonyl (C=O) groups is 1. The summed E-state index contributed by atoms with van der Waals surface area (Å²) >= 11 is 0. The van der Waals surface area contributed by atoms with E-state index in [9.17, 15) is 4.79 Å². The number of rotatable bonds is 9. The van der Waals surface area contributed by atoms with Gasteiger partial charge in [-0.05, 0) is 66.6 Å². The van der Waals surface area contributed by atoms with Gasteiger partial charge in [0.2, 0.25) is 0 Å². The topological polar surface area (TPSA) is 88.4 Å². The number of hydrogen-bond donors (Lipinski definition) is 1. The van der Waals surface area contributed by atoms with Crippen molar-refractivity contribution in [1.29, 1.82) is 0 Å². The maximum atomic E-state index is 14.1. The van der Waals surface area contributed by atoms with Gasteiger partial charge in [-0.3, -0.25) is 4.79 Å². The summed E-state index contributed by atoms with van der Waals surface area (Å²) in [7, 11) is 1.64. The molecule has 0 radical (unpaired) electrons. The first kappa shape index (κ1) is 28.4. The van der Waals surface area contributed by atoms with Crippen molar-refractivity contribution in [3.8, 4) is 28.3 Å². The number of allylic oxidation sites excluding steroid dienone is 4. The molecular formula is C36H32N6O2. The van der Waals surface area contributed by atoms with Crippen LogP contribution in [-0.2, 0) is 0 Å². The lowest BCUT2D eigenvalue weighted by Crippen LogP contribution is -2.27. The maximum Gasteiger partial charge on any atom is 0.274 e. The summed E-state index contributed by atoms with van der Waals surface area (Å²) in [6, 6.07) is 23.0. The summed E-state index contributed by atoms with van der Waals surface area (Å²) in [4.78, 5) is 21.4. The second-order valence-corrected chi connectivity index (χ2v) is 10.5. The Morgan fingerprint density at radius 1 is 1.02 bits per heavy atom. The van der Waals surface area contributed by atoms with E-state index in [1.165, 1.54) is 0 Å². The number of benzene rings is 3. The maximum absolute atomic E-state index is 14.1. The quantitative estimate of drug-likeness (QED) is 0.183. The lowest BCUT2D eigenvalue weighted by Gasteiger charge is -2.22. The Bertz CT molecular complexity index is 1880. The molecule has 0 fully saturated rings. The molecule has 218 valence electrons. The first-order valence-corrected chi connectivity index (χ1v) is 14.3. The highest BCUT2D eigenvalue weighted by molar-refractivity contribution is 6.05. The number of hydrogen-bond acceptors (Lipinski definition) is 5. The molecule has 2 aromatic heterocycles. The van der Waals surface area contributed by atoms with E-state index in [1.807, 2.05) is 92.0 Å². The summed E-state index contributed by atoms with van der Waals surface area (Å²) in [5.41, 5.74) is 8.51. The van der Waals surface area contributed by atoms with Crippen molar-refractivity contribution in [2.75, 3.05) is 7.11 Å². The summed E-state index contributed by atoms with van der Waals surface area (Å²) in [5, 5.41) is 11.5. The van der Waals surface area contributed by atoms with Gasteiger partial charge >= 0.3 is 0 Å². The third-order valence-corrected chi connectivity index (χ3v) is 7.64. The molecule has 0 bridgehead atoms. The van der Waals surface area contributed by atoms with Gasteiger partial charge in [0.1, 0.15) is 5.75 Å². The van der Waals surface area contributed by atoms with Crippen molar-refractivity contribution in [1.82, 2.24) is 24.8 Å². The van der Waals surface area contributed by atoms with Crippen LogP contribution in [0.4, 0.5) is 0 Å². The highest BCUT2D eigenvalue weighted by Gasteiger charge is 2.36. The number of carbonyl (C=O) groups excluding carboxylic acids is 1. The monoisotopic (exact) mass is 580 g/mol. The molecule has 5 aromatic rings. The molecule has 8 nitrogen and oxygen atoms in total. The fourth-order valence-corrected chi connectivity index (χ4v) is 5.38. The second-order valence-electron chi connectivity index (χ2n) is 10.5. The molecule has 1 aliphatic heterocycles. The van der Waals surface area contributed by atoms with E-state index in [0.717, 1.165) is 56.4 Å². The molecule has 0 saturated carbocycles. The average molecular weight is 581 g/mol. The number of aryl methyl sites for hydroxylation is 1. The van der Waals surface area contributed by atoms with Crippen molar-refractivity contribution in [3.63, 3.8) is 0 Å². The van der Waals surface area contributed by atoms with Crippen LogP contribution in [-0.4, -0.2) is 43.5 Å². The number of aromatic nitrogens is 4. The minimum atomic E-state index is -0.411. The second kappa shape index (κ2) is 12.2. The molecule has 0 saturated heterocycles. The molecule has 8 heteroatoms. The molecule has 3 heterocycles. The Kier molecular flexibility index (Phi) is 7.88. The number of ether oxygens (including phenoxy) is 1. The Morgan fingerprint density at radius 3 is 2.43 bits per heavy atom. The van der Waals surface area contributed by atoms with Gasteiger partial charge in [-0.2, -0.15) is 10.2 Å². The zero-order valence-electron chi connectivity index (χ0n) is 24.6. The Morgan fingerprint density at radius 2 is 1.77 bits per heavy atom. The van der Waals surface area contributed by atoms with Crippen LogP contribution < -0.4 is 4.74 Å². The molecule has 6 rings (SSSR count). The zero-order valence-corrected chi connectivity index (χ0v) is 24.6. The molecule has 1 aliphatic rings. The number of amides is 1. The predicted octanol–water partition coefficient (Wildman–Crippen LogP) is 7.46. The lowest BCUT2D eigenvalue weighted by molar-refractivity contribution is 0.0711. The van der Waals surface area contributed by atoms with Crippen LogP contribution in [0.15, 0.2) is 128 Å². The van der Waals surface area contributed by atoms with E-state index in [0.29, 0.717) is 12.0 Å². The van der Waals surface area contributed by atoms with Gasteiger partial charge < -0.3 is 9.72 Å². The number of imidazole rings is 1. The highest BCUT2D eigenvalue weighted by Crippen LogP contribution is 2.39. The van der Waals surface area contributed by atoms with E-state index >= 15 is 0 Å². The molecular weight excluding hydrogens is 548 g/mol. The van der Waals surface area contributed by atoms with Gasteiger partial charge in [0.15, 0.2) is 0 Å². The Balaban J connectivity index is 1.48. The number of H-pyrrole nitrogens is 1. The van der Waals surface area contributed by atoms with E-state index in [4.69, 9.17) is 14.9 Å². The van der Waals surface area contributed by atoms with Gasteiger partial charge in [-0.1, -0.05) is 61.2 Å². The Labute approximate surface area is 256 Å². The lowest BCUT2D eigenvalue weighted by atomic mass is 9.95. The summed E-state index contributed by atoms with van der Waals surface area (Å²) in [5.74, 6) is 0.575. The minimum Gasteiger partial charge on any atom is -0.497 e. The molecule has 3 aromatic carbocycles. The average Bonchev–Trinajstić information content (AvgIpc) is 3.84. The number of nitrogens with zero attached hydrogens (tertiary/aromatic N) is 5.